The Bertz CT molecular complexity index is 1350. The average Bonchev–Trinajstić information content (AvgIpc) is 2.80. The number of allylic oxidation sites excluding steroid dienone is 1. The number of Topliss-reactive ketones (excluding diaryl/α,β-unsaturated/α-hetero) is 4. The summed E-state index contributed by atoms with van der Waals surface area (Å²) in [5.74, 6) is -5.38. The van der Waals surface area contributed by atoms with Crippen molar-refractivity contribution in [3.63, 3.8) is 0 Å². The molecule has 0 radical (unpaired) electrons. The SMILES string of the molecule is CCC(=O)CCc1ccc(O)c2c1C[C@]1(C)C[C@]3(C)C(C(C)C)C(=O)C(C(C)=O)=C(O)[C@]3(O)C(=O)C1=C2O. The number of aryl methyl sites for hydroxylation is 1. The van der Waals surface area contributed by atoms with Gasteiger partial charge >= 0.3 is 0 Å². The Morgan fingerprint density at radius 1 is 1.11 bits per heavy atom. The van der Waals surface area contributed by atoms with Crippen LogP contribution in [0.1, 0.15) is 77.5 Å². The quantitative estimate of drug-likeness (QED) is 0.406. The lowest BCUT2D eigenvalue weighted by Crippen LogP contribution is -2.69. The first-order valence-corrected chi connectivity index (χ1v) is 13.1. The highest BCUT2D eigenvalue weighted by Gasteiger charge is 2.72. The molecule has 1 aromatic rings. The first kappa shape index (κ1) is 27.8. The minimum Gasteiger partial charge on any atom is -0.508 e. The highest BCUT2D eigenvalue weighted by Crippen LogP contribution is 2.65. The number of phenols is 1. The number of hydrogen-bond donors (Lipinski definition) is 4. The molecule has 0 saturated heterocycles. The predicted octanol–water partition coefficient (Wildman–Crippen LogP) is 4.10. The van der Waals surface area contributed by atoms with E-state index in [1.165, 1.54) is 6.07 Å². The van der Waals surface area contributed by atoms with E-state index in [-0.39, 0.29) is 47.8 Å². The van der Waals surface area contributed by atoms with E-state index in [1.807, 2.05) is 0 Å². The van der Waals surface area contributed by atoms with Crippen LogP contribution in [0.3, 0.4) is 0 Å². The van der Waals surface area contributed by atoms with Crippen molar-refractivity contribution in [2.24, 2.45) is 22.7 Å². The second-order valence-corrected chi connectivity index (χ2v) is 12.0. The van der Waals surface area contributed by atoms with Crippen LogP contribution in [0, 0.1) is 22.7 Å². The van der Waals surface area contributed by atoms with E-state index in [4.69, 9.17) is 0 Å². The Kier molecular flexibility index (Phi) is 6.50. The van der Waals surface area contributed by atoms with Gasteiger partial charge in [0, 0.05) is 35.2 Å². The zero-order valence-corrected chi connectivity index (χ0v) is 22.8. The van der Waals surface area contributed by atoms with E-state index >= 15 is 0 Å². The fraction of sp³-hybridized carbons (Fsp3) is 0.533. The molecule has 1 saturated carbocycles. The molecule has 1 fully saturated rings. The molecule has 0 heterocycles. The van der Waals surface area contributed by atoms with E-state index in [2.05, 4.69) is 0 Å². The number of hydrogen-bond acceptors (Lipinski definition) is 8. The molecule has 3 aliphatic rings. The molecule has 8 nitrogen and oxygen atoms in total. The summed E-state index contributed by atoms with van der Waals surface area (Å²) in [5, 5.41) is 45.4. The minimum atomic E-state index is -2.63. The monoisotopic (exact) mass is 524 g/mol. The number of benzene rings is 1. The summed E-state index contributed by atoms with van der Waals surface area (Å²) in [6.45, 7) is 9.75. The van der Waals surface area contributed by atoms with Gasteiger partial charge in [-0.15, -0.1) is 0 Å². The largest absolute Gasteiger partial charge is 0.508 e. The lowest BCUT2D eigenvalue weighted by atomic mass is 9.43. The van der Waals surface area contributed by atoms with E-state index in [1.54, 1.807) is 40.7 Å². The number of aliphatic hydroxyl groups is 3. The second kappa shape index (κ2) is 8.90. The smallest absolute Gasteiger partial charge is 0.203 e. The Morgan fingerprint density at radius 2 is 1.74 bits per heavy atom. The number of carbonyl (C=O) groups excluding carboxylic acids is 4. The fourth-order valence-corrected chi connectivity index (χ4v) is 7.46. The van der Waals surface area contributed by atoms with Gasteiger partial charge in [0.2, 0.25) is 5.78 Å². The molecule has 4 N–H and O–H groups in total. The van der Waals surface area contributed by atoms with Gasteiger partial charge in [0.05, 0.1) is 5.56 Å². The van der Waals surface area contributed by atoms with Crippen LogP contribution in [0.25, 0.3) is 5.76 Å². The number of ketones is 4. The van der Waals surface area contributed by atoms with Crippen molar-refractivity contribution >= 4 is 28.9 Å². The van der Waals surface area contributed by atoms with Gasteiger partial charge in [-0.3, -0.25) is 19.2 Å². The van der Waals surface area contributed by atoms with E-state index in [0.29, 0.717) is 18.4 Å². The maximum absolute atomic E-state index is 14.2. The molecule has 0 aliphatic heterocycles. The molecule has 38 heavy (non-hydrogen) atoms. The first-order valence-electron chi connectivity index (χ1n) is 13.1. The Morgan fingerprint density at radius 3 is 2.29 bits per heavy atom. The molecule has 1 aromatic carbocycles. The highest BCUT2D eigenvalue weighted by atomic mass is 16.3. The molecule has 0 aromatic heterocycles. The molecule has 4 rings (SSSR count). The predicted molar refractivity (Wildman–Crippen MR) is 139 cm³/mol. The number of phenolic OH excluding ortho intramolecular Hbond substituents is 1. The molecule has 1 unspecified atom stereocenters. The maximum atomic E-state index is 14.2. The van der Waals surface area contributed by atoms with Crippen molar-refractivity contribution in [3.8, 4) is 5.75 Å². The molecule has 0 amide bonds. The van der Waals surface area contributed by atoms with Crippen molar-refractivity contribution in [1.82, 2.24) is 0 Å². The zero-order valence-electron chi connectivity index (χ0n) is 22.8. The van der Waals surface area contributed by atoms with Gasteiger partial charge in [-0.05, 0) is 49.3 Å². The van der Waals surface area contributed by atoms with E-state index in [9.17, 15) is 39.6 Å². The molecule has 4 atom stereocenters. The van der Waals surface area contributed by atoms with Crippen LogP contribution in [0.2, 0.25) is 0 Å². The maximum Gasteiger partial charge on any atom is 0.203 e. The lowest BCUT2D eigenvalue weighted by molar-refractivity contribution is -0.178. The third-order valence-corrected chi connectivity index (χ3v) is 9.05. The fourth-order valence-electron chi connectivity index (χ4n) is 7.46. The summed E-state index contributed by atoms with van der Waals surface area (Å²) in [5.41, 5.74) is -4.54. The molecule has 8 heteroatoms. The van der Waals surface area contributed by atoms with Gasteiger partial charge in [0.15, 0.2) is 17.2 Å². The Balaban J connectivity index is 2.00. The molecule has 0 bridgehead atoms. The molecule has 3 aliphatic carbocycles. The number of carbonyl (C=O) groups is 4. The van der Waals surface area contributed by atoms with E-state index < -0.39 is 56.8 Å². The number of fused-ring (bicyclic) bond motifs is 3. The summed E-state index contributed by atoms with van der Waals surface area (Å²) in [4.78, 5) is 52.2. The third-order valence-electron chi connectivity index (χ3n) is 9.05. The summed E-state index contributed by atoms with van der Waals surface area (Å²) in [6.07, 6.45) is 1.30. The van der Waals surface area contributed by atoms with E-state index in [0.717, 1.165) is 12.5 Å². The van der Waals surface area contributed by atoms with Gasteiger partial charge in [0.25, 0.3) is 0 Å². The Hall–Kier alpha value is -3.26. The third kappa shape index (κ3) is 3.52. The van der Waals surface area contributed by atoms with Gasteiger partial charge in [-0.2, -0.15) is 0 Å². The lowest BCUT2D eigenvalue weighted by Gasteiger charge is -2.59. The van der Waals surface area contributed by atoms with Gasteiger partial charge in [-0.25, -0.2) is 0 Å². The van der Waals surface area contributed by atoms with Crippen LogP contribution in [0.4, 0.5) is 0 Å². The summed E-state index contributed by atoms with van der Waals surface area (Å²) >= 11 is 0. The van der Waals surface area contributed by atoms with Crippen molar-refractivity contribution in [2.45, 2.75) is 79.2 Å². The van der Waals surface area contributed by atoms with Crippen LogP contribution in [0.5, 0.6) is 5.75 Å². The number of aromatic hydroxyl groups is 1. The van der Waals surface area contributed by atoms with Crippen molar-refractivity contribution in [2.75, 3.05) is 0 Å². The normalized spacial score (nSPS) is 30.8. The second-order valence-electron chi connectivity index (χ2n) is 12.0. The van der Waals surface area contributed by atoms with Gasteiger partial charge in [-0.1, -0.05) is 40.7 Å². The average molecular weight is 525 g/mol. The standard InChI is InChI=1S/C30H36O8/c1-7-17(32)10-8-16-9-11-19(33)21-18(16)12-28(5)13-29(6)22(14(2)3)24(34)20(15(4)31)26(36)30(29,38)27(37)23(28)25(21)35/h9,11,14,22,33,35-36,38H,7-8,10,12-13H2,1-6H3/t22?,28-,29-,30+/m1/s1. The molecular weight excluding hydrogens is 488 g/mol. The summed E-state index contributed by atoms with van der Waals surface area (Å²) in [6, 6.07) is 3.10. The topological polar surface area (TPSA) is 149 Å². The highest BCUT2D eigenvalue weighted by molar-refractivity contribution is 6.24. The molecular formula is C30H36O8. The Labute approximate surface area is 222 Å². The van der Waals surface area contributed by atoms with Crippen LogP contribution in [-0.2, 0) is 32.0 Å². The summed E-state index contributed by atoms with van der Waals surface area (Å²) in [7, 11) is 0. The van der Waals surface area contributed by atoms with Crippen LogP contribution >= 0.6 is 0 Å². The van der Waals surface area contributed by atoms with Gasteiger partial charge in [0.1, 0.15) is 28.6 Å². The van der Waals surface area contributed by atoms with Crippen molar-refractivity contribution in [1.29, 1.82) is 0 Å². The van der Waals surface area contributed by atoms with Crippen molar-refractivity contribution < 1.29 is 39.6 Å². The van der Waals surface area contributed by atoms with Crippen molar-refractivity contribution in [3.05, 3.63) is 45.7 Å². The number of aliphatic hydroxyl groups excluding tert-OH is 2. The number of rotatable bonds is 6. The van der Waals surface area contributed by atoms with Crippen LogP contribution in [-0.4, -0.2) is 49.2 Å². The van der Waals surface area contributed by atoms with Gasteiger partial charge < -0.3 is 20.4 Å². The molecule has 0 spiro atoms. The zero-order chi connectivity index (χ0) is 28.5. The summed E-state index contributed by atoms with van der Waals surface area (Å²) < 4.78 is 0. The van der Waals surface area contributed by atoms with Crippen LogP contribution in [0.15, 0.2) is 29.0 Å². The van der Waals surface area contributed by atoms with Crippen LogP contribution < -0.4 is 0 Å². The first-order chi connectivity index (χ1) is 17.6. The molecule has 204 valence electrons. The minimum absolute atomic E-state index is 0.0356.